The van der Waals surface area contributed by atoms with E-state index in [9.17, 15) is 0 Å². The van der Waals surface area contributed by atoms with E-state index in [1.54, 1.807) is 11.8 Å². The minimum absolute atomic E-state index is 0.0276. The topological polar surface area (TPSA) is 38.9 Å². The van der Waals surface area contributed by atoms with Crippen molar-refractivity contribution in [3.8, 4) is 0 Å². The first kappa shape index (κ1) is 12.4. The maximum atomic E-state index is 5.93. The zero-order valence-corrected chi connectivity index (χ0v) is 11.0. The molecule has 0 saturated carbocycles. The van der Waals surface area contributed by atoms with Crippen LogP contribution in [0.5, 0.6) is 0 Å². The second kappa shape index (κ2) is 5.54. The highest BCUT2D eigenvalue weighted by molar-refractivity contribution is 7.99. The fourth-order valence-electron chi connectivity index (χ4n) is 1.39. The molecule has 17 heavy (non-hydrogen) atoms. The van der Waals surface area contributed by atoms with Crippen molar-refractivity contribution in [1.29, 1.82) is 0 Å². The van der Waals surface area contributed by atoms with Crippen LogP contribution in [0.25, 0.3) is 0 Å². The summed E-state index contributed by atoms with van der Waals surface area (Å²) in [6.07, 6.45) is 1.84. The van der Waals surface area contributed by atoms with Crippen LogP contribution < -0.4 is 5.73 Å². The number of pyridine rings is 1. The van der Waals surface area contributed by atoms with Crippen molar-refractivity contribution >= 4 is 23.4 Å². The van der Waals surface area contributed by atoms with Crippen molar-refractivity contribution in [2.75, 3.05) is 0 Å². The van der Waals surface area contributed by atoms with Gasteiger partial charge in [0, 0.05) is 27.1 Å². The number of hydrogen-bond donors (Lipinski definition) is 1. The van der Waals surface area contributed by atoms with Crippen LogP contribution in [-0.2, 0) is 0 Å². The first-order valence-electron chi connectivity index (χ1n) is 5.30. The molecule has 0 aliphatic heterocycles. The number of aromatic nitrogens is 1. The summed E-state index contributed by atoms with van der Waals surface area (Å²) in [6.45, 7) is 1.92. The molecule has 2 N–H and O–H groups in total. The maximum Gasteiger partial charge on any atom is 0.0569 e. The van der Waals surface area contributed by atoms with Crippen LogP contribution in [0.4, 0.5) is 0 Å². The fourth-order valence-corrected chi connectivity index (χ4v) is 2.49. The molecule has 0 spiro atoms. The molecule has 2 rings (SSSR count). The van der Waals surface area contributed by atoms with Crippen molar-refractivity contribution in [3.05, 3.63) is 53.3 Å². The van der Waals surface area contributed by atoms with Gasteiger partial charge in [0.25, 0.3) is 0 Å². The van der Waals surface area contributed by atoms with Gasteiger partial charge in [-0.25, -0.2) is 0 Å². The van der Waals surface area contributed by atoms with Crippen LogP contribution in [-0.4, -0.2) is 4.98 Å². The van der Waals surface area contributed by atoms with Crippen molar-refractivity contribution in [2.45, 2.75) is 22.8 Å². The smallest absolute Gasteiger partial charge is 0.0569 e. The Balaban J connectivity index is 2.14. The van der Waals surface area contributed by atoms with E-state index in [4.69, 9.17) is 17.3 Å². The Bertz CT molecular complexity index is 497. The summed E-state index contributed by atoms with van der Waals surface area (Å²) in [5.74, 6) is 0. The van der Waals surface area contributed by atoms with Gasteiger partial charge in [-0.15, -0.1) is 0 Å². The van der Waals surface area contributed by atoms with Crippen LogP contribution in [0.1, 0.15) is 18.7 Å². The number of nitrogens with zero attached hydrogens (tertiary/aromatic N) is 1. The number of rotatable bonds is 3. The molecule has 2 aromatic rings. The van der Waals surface area contributed by atoms with E-state index in [0.717, 1.165) is 20.5 Å². The normalized spacial score (nSPS) is 12.4. The summed E-state index contributed by atoms with van der Waals surface area (Å²) < 4.78 is 0. The molecule has 0 fully saturated rings. The van der Waals surface area contributed by atoms with Gasteiger partial charge < -0.3 is 5.73 Å². The van der Waals surface area contributed by atoms with E-state index in [0.29, 0.717) is 0 Å². The van der Waals surface area contributed by atoms with Gasteiger partial charge in [-0.1, -0.05) is 29.4 Å². The third-order valence-corrected chi connectivity index (χ3v) is 3.46. The average molecular weight is 265 g/mol. The Kier molecular flexibility index (Phi) is 4.05. The van der Waals surface area contributed by atoms with E-state index in [-0.39, 0.29) is 6.04 Å². The summed E-state index contributed by atoms with van der Waals surface area (Å²) in [5.41, 5.74) is 6.65. The first-order chi connectivity index (χ1) is 8.15. The van der Waals surface area contributed by atoms with Gasteiger partial charge >= 0.3 is 0 Å². The molecule has 0 aliphatic rings. The molecule has 1 aromatic heterocycles. The predicted octanol–water partition coefficient (Wildman–Crippen LogP) is 3.91. The zero-order valence-electron chi connectivity index (χ0n) is 9.43. The van der Waals surface area contributed by atoms with Gasteiger partial charge in [-0.2, -0.15) is 0 Å². The van der Waals surface area contributed by atoms with Gasteiger partial charge in [0.05, 0.1) is 5.69 Å². The zero-order chi connectivity index (χ0) is 12.3. The fraction of sp³-hybridized carbons (Fsp3) is 0.154. The quantitative estimate of drug-likeness (QED) is 0.914. The predicted molar refractivity (Wildman–Crippen MR) is 72.4 cm³/mol. The molecule has 0 saturated heterocycles. The standard InChI is InChI=1S/C13H13ClN2S/c1-9(15)13-6-5-12(8-16-13)17-11-4-2-3-10(14)7-11/h2-9H,15H2,1H3. The highest BCUT2D eigenvalue weighted by atomic mass is 35.5. The Hall–Kier alpha value is -1.03. The lowest BCUT2D eigenvalue weighted by Gasteiger charge is -2.06. The molecule has 1 unspecified atom stereocenters. The minimum Gasteiger partial charge on any atom is -0.323 e. The van der Waals surface area contributed by atoms with Crippen molar-refractivity contribution in [3.63, 3.8) is 0 Å². The summed E-state index contributed by atoms with van der Waals surface area (Å²) in [6, 6.07) is 11.7. The first-order valence-corrected chi connectivity index (χ1v) is 6.49. The number of halogens is 1. The summed E-state index contributed by atoms with van der Waals surface area (Å²) >= 11 is 7.57. The van der Waals surface area contributed by atoms with E-state index >= 15 is 0 Å². The Morgan fingerprint density at radius 2 is 2.06 bits per heavy atom. The molecule has 88 valence electrons. The summed E-state index contributed by atoms with van der Waals surface area (Å²) in [7, 11) is 0. The number of benzene rings is 1. The van der Waals surface area contributed by atoms with Gasteiger partial charge in [0.15, 0.2) is 0 Å². The van der Waals surface area contributed by atoms with E-state index in [1.165, 1.54) is 0 Å². The molecule has 0 bridgehead atoms. The molecule has 2 nitrogen and oxygen atoms in total. The molecular weight excluding hydrogens is 252 g/mol. The highest BCUT2D eigenvalue weighted by Gasteiger charge is 2.02. The third kappa shape index (κ3) is 3.46. The van der Waals surface area contributed by atoms with Crippen LogP contribution in [0, 0.1) is 0 Å². The molecule has 0 aliphatic carbocycles. The molecule has 1 atom stereocenters. The van der Waals surface area contributed by atoms with E-state index in [2.05, 4.69) is 4.98 Å². The monoisotopic (exact) mass is 264 g/mol. The SMILES string of the molecule is CC(N)c1ccc(Sc2cccc(Cl)c2)cn1. The molecule has 1 aromatic carbocycles. The Morgan fingerprint density at radius 3 is 2.65 bits per heavy atom. The lowest BCUT2D eigenvalue weighted by Crippen LogP contribution is -2.06. The second-order valence-corrected chi connectivity index (χ2v) is 5.35. The van der Waals surface area contributed by atoms with Crippen LogP contribution >= 0.6 is 23.4 Å². The molecule has 1 heterocycles. The molecule has 0 amide bonds. The lowest BCUT2D eigenvalue weighted by atomic mass is 10.2. The van der Waals surface area contributed by atoms with Crippen LogP contribution in [0.2, 0.25) is 5.02 Å². The lowest BCUT2D eigenvalue weighted by molar-refractivity contribution is 0.777. The van der Waals surface area contributed by atoms with E-state index < -0.39 is 0 Å². The Morgan fingerprint density at radius 1 is 1.24 bits per heavy atom. The van der Waals surface area contributed by atoms with Crippen molar-refractivity contribution < 1.29 is 0 Å². The van der Waals surface area contributed by atoms with Gasteiger partial charge in [0.2, 0.25) is 0 Å². The number of nitrogens with two attached hydrogens (primary N) is 1. The number of hydrogen-bond acceptors (Lipinski definition) is 3. The van der Waals surface area contributed by atoms with Crippen LogP contribution in [0.3, 0.4) is 0 Å². The van der Waals surface area contributed by atoms with Crippen molar-refractivity contribution in [1.82, 2.24) is 4.98 Å². The van der Waals surface area contributed by atoms with Gasteiger partial charge in [-0.3, -0.25) is 4.98 Å². The van der Waals surface area contributed by atoms with Gasteiger partial charge in [-0.05, 0) is 37.3 Å². The maximum absolute atomic E-state index is 5.93. The van der Waals surface area contributed by atoms with Crippen molar-refractivity contribution in [2.24, 2.45) is 5.73 Å². The molecule has 0 radical (unpaired) electrons. The Labute approximate surface area is 110 Å². The largest absolute Gasteiger partial charge is 0.323 e. The third-order valence-electron chi connectivity index (χ3n) is 2.26. The summed E-state index contributed by atoms with van der Waals surface area (Å²) in [4.78, 5) is 6.50. The average Bonchev–Trinajstić information content (AvgIpc) is 2.29. The minimum atomic E-state index is -0.0276. The highest BCUT2D eigenvalue weighted by Crippen LogP contribution is 2.29. The molecule has 4 heteroatoms. The van der Waals surface area contributed by atoms with Gasteiger partial charge in [0.1, 0.15) is 0 Å². The van der Waals surface area contributed by atoms with E-state index in [1.807, 2.05) is 49.5 Å². The molecular formula is C13H13ClN2S. The van der Waals surface area contributed by atoms with Crippen LogP contribution in [0.15, 0.2) is 52.4 Å². The second-order valence-electron chi connectivity index (χ2n) is 3.77. The summed E-state index contributed by atoms with van der Waals surface area (Å²) in [5, 5.41) is 0.746.